The summed E-state index contributed by atoms with van der Waals surface area (Å²) in [6, 6.07) is 5.50. The highest BCUT2D eigenvalue weighted by atomic mass is 28.3. The number of benzene rings is 1. The summed E-state index contributed by atoms with van der Waals surface area (Å²) in [5, 5.41) is 0. The van der Waals surface area contributed by atoms with Crippen LogP contribution in [0.3, 0.4) is 0 Å². The van der Waals surface area contributed by atoms with Crippen LogP contribution in [-0.4, -0.2) is 27.9 Å². The summed E-state index contributed by atoms with van der Waals surface area (Å²) in [5.41, 5.74) is 5.94. The first-order chi connectivity index (χ1) is 9.23. The highest BCUT2D eigenvalue weighted by molar-refractivity contribution is 6.48. The first-order valence-corrected chi connectivity index (χ1v) is 9.84. The molecule has 1 aliphatic rings. The van der Waals surface area contributed by atoms with Gasteiger partial charge in [-0.15, -0.1) is 0 Å². The molecule has 1 aromatic carbocycles. The van der Waals surface area contributed by atoms with Crippen LogP contribution >= 0.6 is 0 Å². The number of fused-ring (bicyclic) bond motifs is 1. The molecule has 2 N–H and O–H groups in total. The number of nitrogen functional groups attached to an aromatic ring is 1. The minimum absolute atomic E-state index is 0.0986. The Morgan fingerprint density at radius 2 is 2.00 bits per heavy atom. The molecule has 20 heavy (non-hydrogen) atoms. The van der Waals surface area contributed by atoms with Crippen LogP contribution < -0.4 is 15.2 Å². The van der Waals surface area contributed by atoms with Crippen LogP contribution in [0.25, 0.3) is 0 Å². The molecule has 0 bridgehead atoms. The highest BCUT2D eigenvalue weighted by Crippen LogP contribution is 2.43. The van der Waals surface area contributed by atoms with Crippen LogP contribution in [0.4, 0.5) is 5.69 Å². The summed E-state index contributed by atoms with van der Waals surface area (Å²) in [4.78, 5) is 0. The largest absolute Gasteiger partial charge is 0.485 e. The van der Waals surface area contributed by atoms with E-state index in [2.05, 4.69) is 33.9 Å². The van der Waals surface area contributed by atoms with E-state index in [1.54, 1.807) is 0 Å². The third-order valence-corrected chi connectivity index (χ3v) is 4.58. The van der Waals surface area contributed by atoms with Crippen molar-refractivity contribution >= 4 is 14.7 Å². The molecule has 0 radical (unpaired) electrons. The van der Waals surface area contributed by atoms with Gasteiger partial charge in [-0.1, -0.05) is 20.8 Å². The molecule has 1 atom stereocenters. The predicted octanol–water partition coefficient (Wildman–Crippen LogP) is 2.82. The SMILES string of the molecule is C[SiH](C)OCC1(C(C)(C)C)COc2ccc(N)cc2O1. The standard InChI is InChI=1S/C15H25NO3Si/c1-14(2,3)15(10-18-20(4)5)9-17-12-7-6-11(16)8-13(12)19-15/h6-8,20H,9-10,16H2,1-5H3. The molecule has 0 aromatic heterocycles. The molecule has 4 nitrogen and oxygen atoms in total. The van der Waals surface area contributed by atoms with Crippen molar-refractivity contribution in [2.24, 2.45) is 5.41 Å². The molecule has 1 aliphatic heterocycles. The molecule has 0 aliphatic carbocycles. The van der Waals surface area contributed by atoms with E-state index in [-0.39, 0.29) is 5.41 Å². The number of hydrogen-bond donors (Lipinski definition) is 1. The van der Waals surface area contributed by atoms with Gasteiger partial charge in [0.25, 0.3) is 0 Å². The molecular weight excluding hydrogens is 270 g/mol. The quantitative estimate of drug-likeness (QED) is 0.688. The maximum atomic E-state index is 6.31. The number of ether oxygens (including phenoxy) is 2. The summed E-state index contributed by atoms with van der Waals surface area (Å²) < 4.78 is 18.2. The summed E-state index contributed by atoms with van der Waals surface area (Å²) >= 11 is 0. The highest BCUT2D eigenvalue weighted by Gasteiger charge is 2.48. The molecule has 0 fully saturated rings. The first-order valence-electron chi connectivity index (χ1n) is 7.06. The topological polar surface area (TPSA) is 53.7 Å². The van der Waals surface area contributed by atoms with E-state index in [1.165, 1.54) is 0 Å². The second kappa shape index (κ2) is 5.29. The van der Waals surface area contributed by atoms with E-state index in [9.17, 15) is 0 Å². The third-order valence-electron chi connectivity index (χ3n) is 3.75. The molecule has 0 amide bonds. The Kier molecular flexibility index (Phi) is 4.02. The van der Waals surface area contributed by atoms with Gasteiger partial charge in [0.05, 0.1) is 6.61 Å². The molecule has 2 rings (SSSR count). The summed E-state index contributed by atoms with van der Waals surface area (Å²) in [5.74, 6) is 1.46. The van der Waals surface area contributed by atoms with Gasteiger partial charge in [0.2, 0.25) is 0 Å². The van der Waals surface area contributed by atoms with Gasteiger partial charge in [0.1, 0.15) is 6.61 Å². The third kappa shape index (κ3) is 2.93. The molecule has 112 valence electrons. The maximum Gasteiger partial charge on any atom is 0.171 e. The number of anilines is 1. The predicted molar refractivity (Wildman–Crippen MR) is 84.0 cm³/mol. The smallest absolute Gasteiger partial charge is 0.171 e. The van der Waals surface area contributed by atoms with E-state index >= 15 is 0 Å². The molecule has 1 heterocycles. The zero-order valence-corrected chi connectivity index (χ0v) is 14.2. The lowest BCUT2D eigenvalue weighted by atomic mass is 9.76. The minimum Gasteiger partial charge on any atom is -0.485 e. The van der Waals surface area contributed by atoms with Crippen LogP contribution in [0.2, 0.25) is 13.1 Å². The average molecular weight is 295 g/mol. The fourth-order valence-corrected chi connectivity index (χ4v) is 2.72. The lowest BCUT2D eigenvalue weighted by Crippen LogP contribution is -2.58. The van der Waals surface area contributed by atoms with Crippen LogP contribution in [0.5, 0.6) is 11.5 Å². The molecule has 1 aromatic rings. The van der Waals surface area contributed by atoms with E-state index in [4.69, 9.17) is 19.6 Å². The van der Waals surface area contributed by atoms with Crippen molar-refractivity contribution in [2.75, 3.05) is 18.9 Å². The number of rotatable bonds is 3. The monoisotopic (exact) mass is 295 g/mol. The van der Waals surface area contributed by atoms with Crippen LogP contribution in [-0.2, 0) is 4.43 Å². The average Bonchev–Trinajstić information content (AvgIpc) is 2.34. The lowest BCUT2D eigenvalue weighted by molar-refractivity contribution is -0.110. The van der Waals surface area contributed by atoms with Crippen molar-refractivity contribution in [3.8, 4) is 11.5 Å². The fraction of sp³-hybridized carbons (Fsp3) is 0.600. The summed E-state index contributed by atoms with van der Waals surface area (Å²) in [6.45, 7) is 11.8. The van der Waals surface area contributed by atoms with Crippen LogP contribution in [0.1, 0.15) is 20.8 Å². The van der Waals surface area contributed by atoms with E-state index in [0.29, 0.717) is 24.7 Å². The van der Waals surface area contributed by atoms with Gasteiger partial charge in [-0.05, 0) is 25.2 Å². The Labute approximate surface area is 122 Å². The zero-order chi connectivity index (χ0) is 15.0. The van der Waals surface area contributed by atoms with Crippen molar-refractivity contribution in [3.05, 3.63) is 18.2 Å². The van der Waals surface area contributed by atoms with Gasteiger partial charge >= 0.3 is 0 Å². The van der Waals surface area contributed by atoms with Gasteiger partial charge in [-0.3, -0.25) is 0 Å². The Bertz CT molecular complexity index is 484. The maximum absolute atomic E-state index is 6.31. The van der Waals surface area contributed by atoms with Crippen LogP contribution in [0, 0.1) is 5.41 Å². The summed E-state index contributed by atoms with van der Waals surface area (Å²) in [7, 11) is -1.11. The minimum atomic E-state index is -1.11. The Morgan fingerprint density at radius 1 is 1.30 bits per heavy atom. The van der Waals surface area contributed by atoms with E-state index in [1.807, 2.05) is 18.2 Å². The lowest BCUT2D eigenvalue weighted by Gasteiger charge is -2.47. The second-order valence-corrected chi connectivity index (χ2v) is 9.13. The molecular formula is C15H25NO3Si. The van der Waals surface area contributed by atoms with Gasteiger partial charge in [-0.25, -0.2) is 0 Å². The molecule has 0 saturated carbocycles. The van der Waals surface area contributed by atoms with Crippen molar-refractivity contribution in [1.82, 2.24) is 0 Å². The van der Waals surface area contributed by atoms with Crippen molar-refractivity contribution in [3.63, 3.8) is 0 Å². The van der Waals surface area contributed by atoms with Crippen molar-refractivity contribution in [1.29, 1.82) is 0 Å². The zero-order valence-electron chi connectivity index (χ0n) is 13.0. The van der Waals surface area contributed by atoms with E-state index in [0.717, 1.165) is 5.75 Å². The molecule has 1 unspecified atom stereocenters. The molecule has 5 heteroatoms. The van der Waals surface area contributed by atoms with Crippen molar-refractivity contribution < 1.29 is 13.9 Å². The van der Waals surface area contributed by atoms with Crippen LogP contribution in [0.15, 0.2) is 18.2 Å². The van der Waals surface area contributed by atoms with Gasteiger partial charge in [0.15, 0.2) is 26.1 Å². The van der Waals surface area contributed by atoms with Gasteiger partial charge in [-0.2, -0.15) is 0 Å². The van der Waals surface area contributed by atoms with Crippen molar-refractivity contribution in [2.45, 2.75) is 39.5 Å². The summed E-state index contributed by atoms with van der Waals surface area (Å²) in [6.07, 6.45) is 0. The normalized spacial score (nSPS) is 22.1. The fourth-order valence-electron chi connectivity index (χ4n) is 2.12. The Morgan fingerprint density at radius 3 is 2.60 bits per heavy atom. The second-order valence-electron chi connectivity index (χ2n) is 6.70. The van der Waals surface area contributed by atoms with Gasteiger partial charge < -0.3 is 19.6 Å². The molecule has 0 spiro atoms. The Hall–Kier alpha value is -1.20. The number of nitrogens with two attached hydrogens (primary N) is 1. The number of hydrogen-bond acceptors (Lipinski definition) is 4. The first kappa shape index (κ1) is 15.2. The molecule has 0 saturated heterocycles. The van der Waals surface area contributed by atoms with Gasteiger partial charge in [0, 0.05) is 17.2 Å². The Balaban J connectivity index is 2.31. The van der Waals surface area contributed by atoms with E-state index < -0.39 is 14.6 Å².